The van der Waals surface area contributed by atoms with E-state index < -0.39 is 23.7 Å². The van der Waals surface area contributed by atoms with Gasteiger partial charge in [-0.2, -0.15) is 0 Å². The molecular weight excluding hydrogens is 374 g/mol. The van der Waals surface area contributed by atoms with Crippen LogP contribution in [-0.2, 0) is 9.59 Å². The Morgan fingerprint density at radius 3 is 2.04 bits per heavy atom. The van der Waals surface area contributed by atoms with E-state index in [1.807, 2.05) is 10.9 Å². The van der Waals surface area contributed by atoms with Gasteiger partial charge in [-0.1, -0.05) is 23.2 Å². The summed E-state index contributed by atoms with van der Waals surface area (Å²) in [7, 11) is 0. The van der Waals surface area contributed by atoms with Gasteiger partial charge in [-0.25, -0.2) is 14.6 Å². The van der Waals surface area contributed by atoms with Crippen LogP contribution >= 0.6 is 23.2 Å². The van der Waals surface area contributed by atoms with Crippen molar-refractivity contribution in [1.82, 2.24) is 10.9 Å². The van der Waals surface area contributed by atoms with Crippen molar-refractivity contribution in [3.8, 4) is 0 Å². The number of urea groups is 1. The van der Waals surface area contributed by atoms with Gasteiger partial charge in [0.25, 0.3) is 0 Å². The van der Waals surface area contributed by atoms with Crippen LogP contribution in [0.5, 0.6) is 0 Å². The molecule has 0 heterocycles. The summed E-state index contributed by atoms with van der Waals surface area (Å²) in [4.78, 5) is 34.9. The Morgan fingerprint density at radius 1 is 0.760 bits per heavy atom. The number of amides is 4. The van der Waals surface area contributed by atoms with Gasteiger partial charge in [0, 0.05) is 11.4 Å². The Hall–Kier alpha value is -2.84. The van der Waals surface area contributed by atoms with Crippen LogP contribution in [0, 0.1) is 5.82 Å². The Labute approximate surface area is 151 Å². The van der Waals surface area contributed by atoms with Crippen LogP contribution < -0.4 is 21.5 Å². The fraction of sp³-hybridized carbons (Fsp3) is 0. The molecule has 130 valence electrons. The van der Waals surface area contributed by atoms with Gasteiger partial charge in [0.2, 0.25) is 0 Å². The molecule has 4 amide bonds. The van der Waals surface area contributed by atoms with Crippen LogP contribution in [0.4, 0.5) is 20.6 Å². The third-order valence-corrected chi connectivity index (χ3v) is 3.51. The van der Waals surface area contributed by atoms with E-state index in [0.29, 0.717) is 10.7 Å². The first-order valence-corrected chi connectivity index (χ1v) is 7.49. The number of benzene rings is 2. The van der Waals surface area contributed by atoms with Crippen molar-refractivity contribution < 1.29 is 18.8 Å². The summed E-state index contributed by atoms with van der Waals surface area (Å²) in [6.07, 6.45) is 0. The minimum atomic E-state index is -1.12. The maximum absolute atomic E-state index is 12.8. The van der Waals surface area contributed by atoms with E-state index in [-0.39, 0.29) is 10.7 Å². The van der Waals surface area contributed by atoms with Crippen LogP contribution in [0.3, 0.4) is 0 Å². The van der Waals surface area contributed by atoms with Crippen molar-refractivity contribution in [1.29, 1.82) is 0 Å². The maximum atomic E-state index is 12.8. The Kier molecular flexibility index (Phi) is 6.15. The van der Waals surface area contributed by atoms with Gasteiger partial charge in [0.15, 0.2) is 0 Å². The van der Waals surface area contributed by atoms with E-state index in [9.17, 15) is 18.8 Å². The molecule has 0 saturated heterocycles. The number of halogens is 3. The van der Waals surface area contributed by atoms with E-state index in [1.54, 1.807) is 0 Å². The van der Waals surface area contributed by atoms with Crippen LogP contribution in [-0.4, -0.2) is 17.8 Å². The molecule has 0 atom stereocenters. The van der Waals surface area contributed by atoms with Crippen LogP contribution in [0.25, 0.3) is 0 Å². The van der Waals surface area contributed by atoms with Crippen molar-refractivity contribution in [2.24, 2.45) is 0 Å². The first-order valence-electron chi connectivity index (χ1n) is 6.74. The molecule has 0 aromatic heterocycles. The van der Waals surface area contributed by atoms with E-state index >= 15 is 0 Å². The van der Waals surface area contributed by atoms with Crippen LogP contribution in [0.15, 0.2) is 42.5 Å². The van der Waals surface area contributed by atoms with E-state index in [1.165, 1.54) is 30.3 Å². The van der Waals surface area contributed by atoms with Gasteiger partial charge in [-0.3, -0.25) is 15.0 Å². The van der Waals surface area contributed by atoms with Gasteiger partial charge in [-0.05, 0) is 42.5 Å². The number of hydrogen-bond acceptors (Lipinski definition) is 3. The number of hydrazine groups is 1. The molecule has 0 saturated carbocycles. The number of carbonyl (C=O) groups excluding carboxylic acids is 3. The minimum absolute atomic E-state index is 0.224. The minimum Gasteiger partial charge on any atom is -0.318 e. The lowest BCUT2D eigenvalue weighted by Gasteiger charge is -2.09. The fourth-order valence-electron chi connectivity index (χ4n) is 1.63. The lowest BCUT2D eigenvalue weighted by atomic mass is 10.3. The number of hydrogen-bond donors (Lipinski definition) is 4. The molecule has 0 spiro atoms. The van der Waals surface area contributed by atoms with Crippen molar-refractivity contribution in [2.45, 2.75) is 0 Å². The number of nitrogens with one attached hydrogen (secondary N) is 4. The molecule has 2 aromatic carbocycles. The highest BCUT2D eigenvalue weighted by atomic mass is 35.5. The predicted molar refractivity (Wildman–Crippen MR) is 91.8 cm³/mol. The van der Waals surface area contributed by atoms with Gasteiger partial charge >= 0.3 is 17.8 Å². The normalized spacial score (nSPS) is 9.88. The average Bonchev–Trinajstić information content (AvgIpc) is 2.58. The van der Waals surface area contributed by atoms with Gasteiger partial charge in [0.05, 0.1) is 10.0 Å². The van der Waals surface area contributed by atoms with Crippen molar-refractivity contribution in [2.75, 3.05) is 10.6 Å². The third-order valence-electron chi connectivity index (χ3n) is 2.78. The molecule has 4 N–H and O–H groups in total. The second-order valence-electron chi connectivity index (χ2n) is 4.62. The number of carbonyl (C=O) groups is 3. The smallest absolute Gasteiger partial charge is 0.318 e. The van der Waals surface area contributed by atoms with Crippen molar-refractivity contribution >= 4 is 52.4 Å². The summed E-state index contributed by atoms with van der Waals surface area (Å²) >= 11 is 11.6. The second kappa shape index (κ2) is 8.32. The molecule has 2 aromatic rings. The highest BCUT2D eigenvalue weighted by Gasteiger charge is 2.14. The largest absolute Gasteiger partial charge is 0.337 e. The molecule has 7 nitrogen and oxygen atoms in total. The first kappa shape index (κ1) is 18.5. The van der Waals surface area contributed by atoms with Gasteiger partial charge in [-0.15, -0.1) is 0 Å². The van der Waals surface area contributed by atoms with E-state index in [4.69, 9.17) is 23.2 Å². The Balaban J connectivity index is 1.81. The highest BCUT2D eigenvalue weighted by molar-refractivity contribution is 6.42. The lowest BCUT2D eigenvalue weighted by molar-refractivity contribution is -0.136. The molecule has 0 radical (unpaired) electrons. The summed E-state index contributed by atoms with van der Waals surface area (Å²) in [5, 5.41) is 5.17. The summed E-state index contributed by atoms with van der Waals surface area (Å²) in [5.74, 6) is -2.64. The number of rotatable bonds is 2. The summed E-state index contributed by atoms with van der Waals surface area (Å²) in [5.41, 5.74) is 4.46. The van der Waals surface area contributed by atoms with E-state index in [2.05, 4.69) is 10.6 Å². The second-order valence-corrected chi connectivity index (χ2v) is 5.44. The first-order chi connectivity index (χ1) is 11.8. The molecular formula is C15H11Cl2FN4O3. The lowest BCUT2D eigenvalue weighted by Crippen LogP contribution is -2.48. The Morgan fingerprint density at radius 2 is 1.40 bits per heavy atom. The molecule has 10 heteroatoms. The summed E-state index contributed by atoms with van der Waals surface area (Å²) < 4.78 is 12.8. The molecule has 0 fully saturated rings. The molecule has 25 heavy (non-hydrogen) atoms. The van der Waals surface area contributed by atoms with Gasteiger partial charge in [0.1, 0.15) is 5.82 Å². The van der Waals surface area contributed by atoms with Crippen molar-refractivity contribution in [3.05, 3.63) is 58.3 Å². The maximum Gasteiger partial charge on any atom is 0.337 e. The third kappa shape index (κ3) is 5.63. The fourth-order valence-corrected chi connectivity index (χ4v) is 1.93. The Bertz CT molecular complexity index is 815. The average molecular weight is 385 g/mol. The zero-order valence-corrected chi connectivity index (χ0v) is 13.9. The standard InChI is InChI=1S/C15H11Cl2FN4O3/c16-11-6-5-10(7-12(11)17)20-15(25)22-21-14(24)13(23)19-9-3-1-8(18)2-4-9/h1-7H,(H,19,23)(H,21,24)(H2,20,22,25). The van der Waals surface area contributed by atoms with Crippen molar-refractivity contribution in [3.63, 3.8) is 0 Å². The zero-order chi connectivity index (χ0) is 18.4. The predicted octanol–water partition coefficient (Wildman–Crippen LogP) is 2.92. The monoisotopic (exact) mass is 384 g/mol. The quantitative estimate of drug-likeness (QED) is 0.473. The molecule has 2 rings (SSSR count). The van der Waals surface area contributed by atoms with Crippen LogP contribution in [0.2, 0.25) is 10.0 Å². The summed E-state index contributed by atoms with van der Waals surface area (Å²) in [6, 6.07) is 8.39. The molecule has 0 aliphatic rings. The highest BCUT2D eigenvalue weighted by Crippen LogP contribution is 2.24. The molecule has 0 aliphatic heterocycles. The van der Waals surface area contributed by atoms with Gasteiger partial charge < -0.3 is 10.6 Å². The molecule has 0 unspecified atom stereocenters. The summed E-state index contributed by atoms with van der Waals surface area (Å²) in [6.45, 7) is 0. The number of anilines is 2. The molecule has 0 aliphatic carbocycles. The molecule has 0 bridgehead atoms. The SMILES string of the molecule is O=C(NNC(=O)C(=O)Nc1ccc(F)cc1)Nc1ccc(Cl)c(Cl)c1. The zero-order valence-electron chi connectivity index (χ0n) is 12.4. The van der Waals surface area contributed by atoms with Crippen LogP contribution in [0.1, 0.15) is 0 Å². The topological polar surface area (TPSA) is 99.3 Å². The van der Waals surface area contributed by atoms with E-state index in [0.717, 1.165) is 12.1 Å².